The molecule has 0 fully saturated rings. The van der Waals surface area contributed by atoms with Crippen molar-refractivity contribution in [3.05, 3.63) is 32.7 Å². The fraction of sp³-hybridized carbons (Fsp3) is 0.167. The number of aromatic carboxylic acids is 1. The number of anilines is 1. The van der Waals surface area contributed by atoms with Crippen LogP contribution >= 0.6 is 34.7 Å². The van der Waals surface area contributed by atoms with Crippen molar-refractivity contribution in [1.82, 2.24) is 9.97 Å². The molecule has 0 bridgehead atoms. The number of hydrogen-bond acceptors (Lipinski definition) is 6. The van der Waals surface area contributed by atoms with E-state index in [1.165, 1.54) is 18.0 Å². The molecule has 2 aromatic rings. The normalized spacial score (nSPS) is 10.4. The van der Waals surface area contributed by atoms with Crippen LogP contribution in [0.15, 0.2) is 16.7 Å². The number of aryl methyl sites for hydroxylation is 1. The van der Waals surface area contributed by atoms with Crippen LogP contribution in [0.25, 0.3) is 0 Å². The third-order valence-corrected chi connectivity index (χ3v) is 4.45. The lowest BCUT2D eigenvalue weighted by Crippen LogP contribution is -2.17. The molecular formula is C12H10ClN3O3S2. The molecule has 21 heavy (non-hydrogen) atoms. The molecule has 2 heterocycles. The van der Waals surface area contributed by atoms with Crippen LogP contribution in [0.3, 0.4) is 0 Å². The van der Waals surface area contributed by atoms with Gasteiger partial charge in [0.2, 0.25) is 0 Å². The number of rotatable bonds is 4. The summed E-state index contributed by atoms with van der Waals surface area (Å²) in [5.74, 6) is -1.66. The summed E-state index contributed by atoms with van der Waals surface area (Å²) in [6.45, 7) is 1.72. The van der Waals surface area contributed by atoms with E-state index in [0.717, 1.165) is 11.3 Å². The lowest BCUT2D eigenvalue weighted by molar-refractivity contribution is 0.0703. The Bertz CT molecular complexity index is 718. The molecule has 2 N–H and O–H groups in total. The van der Waals surface area contributed by atoms with E-state index in [9.17, 15) is 9.59 Å². The minimum atomic E-state index is -1.10. The number of halogens is 1. The second-order valence-corrected chi connectivity index (χ2v) is 6.00. The number of thiophene rings is 1. The number of thioether (sulfide) groups is 1. The highest BCUT2D eigenvalue weighted by Gasteiger charge is 2.20. The lowest BCUT2D eigenvalue weighted by atomic mass is 10.2. The summed E-state index contributed by atoms with van der Waals surface area (Å²) in [5.41, 5.74) is 0.942. The van der Waals surface area contributed by atoms with Gasteiger partial charge in [-0.25, -0.2) is 14.8 Å². The number of hydrogen-bond donors (Lipinski definition) is 2. The van der Waals surface area contributed by atoms with Crippen LogP contribution in [0.2, 0.25) is 5.02 Å². The fourth-order valence-electron chi connectivity index (χ4n) is 1.54. The number of carbonyl (C=O) groups excluding carboxylic acids is 1. The van der Waals surface area contributed by atoms with Crippen LogP contribution in [0.1, 0.15) is 25.7 Å². The van der Waals surface area contributed by atoms with Crippen molar-refractivity contribution in [2.24, 2.45) is 0 Å². The maximum Gasteiger partial charge on any atom is 0.348 e. The van der Waals surface area contributed by atoms with Gasteiger partial charge in [0.05, 0.1) is 16.9 Å². The Morgan fingerprint density at radius 3 is 2.81 bits per heavy atom. The highest BCUT2D eigenvalue weighted by Crippen LogP contribution is 2.28. The van der Waals surface area contributed by atoms with Gasteiger partial charge in [0, 0.05) is 0 Å². The van der Waals surface area contributed by atoms with Gasteiger partial charge < -0.3 is 10.4 Å². The molecule has 1 amide bonds. The monoisotopic (exact) mass is 343 g/mol. The molecule has 2 aromatic heterocycles. The van der Waals surface area contributed by atoms with Crippen molar-refractivity contribution in [2.75, 3.05) is 11.6 Å². The summed E-state index contributed by atoms with van der Waals surface area (Å²) >= 11 is 8.25. The van der Waals surface area contributed by atoms with Crippen molar-refractivity contribution in [3.8, 4) is 0 Å². The molecule has 0 aliphatic heterocycles. The summed E-state index contributed by atoms with van der Waals surface area (Å²) in [6, 6.07) is 0. The molecule has 0 aliphatic rings. The Hall–Kier alpha value is -1.64. The molecule has 0 saturated carbocycles. The molecule has 0 unspecified atom stereocenters. The molecule has 0 saturated heterocycles. The van der Waals surface area contributed by atoms with E-state index in [4.69, 9.17) is 16.7 Å². The molecule has 2 rings (SSSR count). The SMILES string of the molecule is CSc1ncc(Cl)c(C(=O)Nc2c(C)csc2C(=O)O)n1. The second-order valence-electron chi connectivity index (χ2n) is 3.94. The van der Waals surface area contributed by atoms with E-state index in [2.05, 4.69) is 15.3 Å². The first-order chi connectivity index (χ1) is 9.93. The third kappa shape index (κ3) is 3.34. The zero-order chi connectivity index (χ0) is 15.6. The van der Waals surface area contributed by atoms with Crippen molar-refractivity contribution < 1.29 is 14.7 Å². The molecular weight excluding hydrogens is 334 g/mol. The third-order valence-electron chi connectivity index (χ3n) is 2.53. The van der Waals surface area contributed by atoms with Gasteiger partial charge in [-0.05, 0) is 24.1 Å². The Morgan fingerprint density at radius 1 is 1.48 bits per heavy atom. The largest absolute Gasteiger partial charge is 0.477 e. The summed E-state index contributed by atoms with van der Waals surface area (Å²) in [6.07, 6.45) is 3.12. The zero-order valence-corrected chi connectivity index (χ0v) is 13.4. The van der Waals surface area contributed by atoms with Crippen LogP contribution in [0.5, 0.6) is 0 Å². The predicted octanol–water partition coefficient (Wildman–Crippen LogP) is 3.17. The molecule has 0 aliphatic carbocycles. The summed E-state index contributed by atoms with van der Waals surface area (Å²) in [4.78, 5) is 31.4. The van der Waals surface area contributed by atoms with E-state index >= 15 is 0 Å². The summed E-state index contributed by atoms with van der Waals surface area (Å²) in [5, 5.41) is 13.8. The van der Waals surface area contributed by atoms with Gasteiger partial charge in [-0.1, -0.05) is 23.4 Å². The van der Waals surface area contributed by atoms with E-state index in [0.29, 0.717) is 10.7 Å². The van der Waals surface area contributed by atoms with Gasteiger partial charge in [0.25, 0.3) is 5.91 Å². The molecule has 9 heteroatoms. The van der Waals surface area contributed by atoms with Crippen molar-refractivity contribution in [3.63, 3.8) is 0 Å². The Kier molecular flexibility index (Phi) is 4.81. The Labute approximate surface area is 133 Å². The van der Waals surface area contributed by atoms with Gasteiger partial charge in [0.15, 0.2) is 10.9 Å². The van der Waals surface area contributed by atoms with Crippen LogP contribution in [0.4, 0.5) is 5.69 Å². The minimum absolute atomic E-state index is 0.0120. The van der Waals surface area contributed by atoms with Crippen LogP contribution in [-0.2, 0) is 0 Å². The van der Waals surface area contributed by atoms with Crippen LogP contribution < -0.4 is 5.32 Å². The predicted molar refractivity (Wildman–Crippen MR) is 82.8 cm³/mol. The topological polar surface area (TPSA) is 92.2 Å². The van der Waals surface area contributed by atoms with Crippen molar-refractivity contribution in [2.45, 2.75) is 12.1 Å². The van der Waals surface area contributed by atoms with Gasteiger partial charge in [0.1, 0.15) is 4.88 Å². The maximum atomic E-state index is 12.2. The number of carbonyl (C=O) groups is 2. The molecule has 0 spiro atoms. The maximum absolute atomic E-state index is 12.2. The lowest BCUT2D eigenvalue weighted by Gasteiger charge is -2.07. The molecule has 0 atom stereocenters. The fourth-order valence-corrected chi connectivity index (χ4v) is 2.90. The average molecular weight is 344 g/mol. The number of carboxylic acid groups (broad SMARTS) is 1. The molecule has 6 nitrogen and oxygen atoms in total. The number of nitrogens with zero attached hydrogens (tertiary/aromatic N) is 2. The highest BCUT2D eigenvalue weighted by molar-refractivity contribution is 7.98. The summed E-state index contributed by atoms with van der Waals surface area (Å²) in [7, 11) is 0. The van der Waals surface area contributed by atoms with Gasteiger partial charge in [-0.2, -0.15) is 0 Å². The summed E-state index contributed by atoms with van der Waals surface area (Å²) < 4.78 is 0. The average Bonchev–Trinajstić information content (AvgIpc) is 2.81. The number of nitrogens with one attached hydrogen (secondary N) is 1. The standard InChI is InChI=1S/C12H10ClN3O3S2/c1-5-4-21-9(11(18)19)7(5)15-10(17)8-6(13)3-14-12(16-8)20-2/h3-4H,1-2H3,(H,15,17)(H,18,19). The first kappa shape index (κ1) is 15.7. The first-order valence-electron chi connectivity index (χ1n) is 5.63. The quantitative estimate of drug-likeness (QED) is 0.654. The van der Waals surface area contributed by atoms with E-state index in [1.807, 2.05) is 0 Å². The van der Waals surface area contributed by atoms with Crippen LogP contribution in [0, 0.1) is 6.92 Å². The zero-order valence-electron chi connectivity index (χ0n) is 11.0. The number of amides is 1. The second kappa shape index (κ2) is 6.42. The van der Waals surface area contributed by atoms with Crippen molar-refractivity contribution >= 4 is 52.3 Å². The smallest absolute Gasteiger partial charge is 0.348 e. The first-order valence-corrected chi connectivity index (χ1v) is 8.11. The molecule has 110 valence electrons. The van der Waals surface area contributed by atoms with Crippen LogP contribution in [-0.4, -0.2) is 33.2 Å². The molecule has 0 aromatic carbocycles. The van der Waals surface area contributed by atoms with Gasteiger partial charge >= 0.3 is 5.97 Å². The highest BCUT2D eigenvalue weighted by atomic mass is 35.5. The van der Waals surface area contributed by atoms with Gasteiger partial charge in [-0.3, -0.25) is 4.79 Å². The Balaban J connectivity index is 2.35. The van der Waals surface area contributed by atoms with E-state index in [-0.39, 0.29) is 21.3 Å². The van der Waals surface area contributed by atoms with E-state index < -0.39 is 11.9 Å². The van der Waals surface area contributed by atoms with Crippen molar-refractivity contribution in [1.29, 1.82) is 0 Å². The number of aromatic nitrogens is 2. The Morgan fingerprint density at radius 2 is 2.19 bits per heavy atom. The molecule has 0 radical (unpaired) electrons. The van der Waals surface area contributed by atoms with E-state index in [1.54, 1.807) is 18.6 Å². The van der Waals surface area contributed by atoms with Gasteiger partial charge in [-0.15, -0.1) is 11.3 Å². The minimum Gasteiger partial charge on any atom is -0.477 e. The number of carboxylic acids is 1.